The van der Waals surface area contributed by atoms with Gasteiger partial charge in [-0.15, -0.1) is 0 Å². The van der Waals surface area contributed by atoms with Crippen molar-refractivity contribution in [2.75, 3.05) is 13.2 Å². The molecule has 0 saturated heterocycles. The van der Waals surface area contributed by atoms with Crippen LogP contribution in [-0.2, 0) is 4.79 Å². The van der Waals surface area contributed by atoms with Gasteiger partial charge in [-0.25, -0.2) is 0 Å². The van der Waals surface area contributed by atoms with Crippen LogP contribution in [0, 0.1) is 0 Å². The molecule has 1 aliphatic heterocycles. The Hall–Kier alpha value is -1.55. The fourth-order valence-electron chi connectivity index (χ4n) is 2.08. The third-order valence-electron chi connectivity index (χ3n) is 3.07. The molecular weight excluding hydrogens is 240 g/mol. The monoisotopic (exact) mass is 262 g/mol. The fraction of sp³-hybridized carbons (Fsp3) is 0.533. The molecule has 0 aromatic heterocycles. The van der Waals surface area contributed by atoms with Gasteiger partial charge in [-0.2, -0.15) is 0 Å². The summed E-state index contributed by atoms with van der Waals surface area (Å²) in [6.07, 6.45) is 0.818. The molecule has 2 rings (SSSR count). The SMILES string of the molecule is CC(C)(C)NCC(=O)NC1CCOc2ccccc21. The first-order valence-corrected chi connectivity index (χ1v) is 6.72. The van der Waals surface area contributed by atoms with Gasteiger partial charge in [0.05, 0.1) is 19.2 Å². The van der Waals surface area contributed by atoms with Crippen LogP contribution < -0.4 is 15.4 Å². The molecule has 1 aliphatic rings. The minimum absolute atomic E-state index is 0.0247. The molecule has 4 heteroatoms. The number of ether oxygens (including phenoxy) is 1. The zero-order valence-corrected chi connectivity index (χ0v) is 11.8. The van der Waals surface area contributed by atoms with Gasteiger partial charge in [0, 0.05) is 17.5 Å². The number of fused-ring (bicyclic) bond motifs is 1. The molecule has 1 amide bonds. The fourth-order valence-corrected chi connectivity index (χ4v) is 2.08. The summed E-state index contributed by atoms with van der Waals surface area (Å²) in [6.45, 7) is 7.12. The van der Waals surface area contributed by atoms with Gasteiger partial charge in [0.1, 0.15) is 5.75 Å². The van der Waals surface area contributed by atoms with Gasteiger partial charge in [-0.1, -0.05) is 18.2 Å². The quantitative estimate of drug-likeness (QED) is 0.876. The summed E-state index contributed by atoms with van der Waals surface area (Å²) in [5.41, 5.74) is 1.02. The van der Waals surface area contributed by atoms with Crippen molar-refractivity contribution in [3.8, 4) is 5.75 Å². The maximum absolute atomic E-state index is 12.0. The summed E-state index contributed by atoms with van der Waals surface area (Å²) in [4.78, 5) is 12.0. The predicted molar refractivity (Wildman–Crippen MR) is 75.2 cm³/mol. The number of hydrogen-bond acceptors (Lipinski definition) is 3. The molecule has 19 heavy (non-hydrogen) atoms. The van der Waals surface area contributed by atoms with Crippen LogP contribution in [0.2, 0.25) is 0 Å². The second-order valence-corrected chi connectivity index (χ2v) is 5.90. The highest BCUT2D eigenvalue weighted by Crippen LogP contribution is 2.31. The molecule has 1 atom stereocenters. The van der Waals surface area contributed by atoms with Crippen LogP contribution in [-0.4, -0.2) is 24.6 Å². The molecule has 0 radical (unpaired) electrons. The Kier molecular flexibility index (Phi) is 4.10. The van der Waals surface area contributed by atoms with Crippen molar-refractivity contribution in [3.63, 3.8) is 0 Å². The van der Waals surface area contributed by atoms with Crippen LogP contribution in [0.15, 0.2) is 24.3 Å². The van der Waals surface area contributed by atoms with E-state index in [1.807, 2.05) is 45.0 Å². The Morgan fingerprint density at radius 2 is 2.11 bits per heavy atom. The molecule has 1 unspecified atom stereocenters. The van der Waals surface area contributed by atoms with E-state index in [4.69, 9.17) is 4.74 Å². The number of nitrogens with one attached hydrogen (secondary N) is 2. The average Bonchev–Trinajstić information content (AvgIpc) is 2.36. The normalized spacial score (nSPS) is 18.4. The van der Waals surface area contributed by atoms with E-state index in [-0.39, 0.29) is 17.5 Å². The van der Waals surface area contributed by atoms with Crippen LogP contribution in [0.3, 0.4) is 0 Å². The van der Waals surface area contributed by atoms with Crippen molar-refractivity contribution in [2.45, 2.75) is 38.8 Å². The summed E-state index contributed by atoms with van der Waals surface area (Å²) >= 11 is 0. The van der Waals surface area contributed by atoms with Crippen molar-refractivity contribution in [1.29, 1.82) is 0 Å². The Morgan fingerprint density at radius 3 is 2.84 bits per heavy atom. The molecule has 104 valence electrons. The number of hydrogen-bond donors (Lipinski definition) is 2. The Labute approximate surface area is 114 Å². The van der Waals surface area contributed by atoms with Crippen LogP contribution in [0.4, 0.5) is 0 Å². The lowest BCUT2D eigenvalue weighted by Crippen LogP contribution is -2.44. The minimum Gasteiger partial charge on any atom is -0.493 e. The summed E-state index contributed by atoms with van der Waals surface area (Å²) in [7, 11) is 0. The van der Waals surface area contributed by atoms with E-state index in [9.17, 15) is 4.79 Å². The second kappa shape index (κ2) is 5.61. The third-order valence-corrected chi connectivity index (χ3v) is 3.07. The van der Waals surface area contributed by atoms with Crippen LogP contribution in [0.5, 0.6) is 5.75 Å². The molecule has 1 aromatic rings. The number of carbonyl (C=O) groups is 1. The number of para-hydroxylation sites is 1. The highest BCUT2D eigenvalue weighted by Gasteiger charge is 2.22. The molecule has 2 N–H and O–H groups in total. The van der Waals surface area contributed by atoms with Crippen LogP contribution in [0.1, 0.15) is 38.8 Å². The van der Waals surface area contributed by atoms with Crippen molar-refractivity contribution in [2.24, 2.45) is 0 Å². The highest BCUT2D eigenvalue weighted by atomic mass is 16.5. The van der Waals surface area contributed by atoms with Crippen molar-refractivity contribution < 1.29 is 9.53 Å². The van der Waals surface area contributed by atoms with E-state index in [2.05, 4.69) is 10.6 Å². The maximum atomic E-state index is 12.0. The van der Waals surface area contributed by atoms with Gasteiger partial charge in [0.2, 0.25) is 5.91 Å². The van der Waals surface area contributed by atoms with Crippen molar-refractivity contribution >= 4 is 5.91 Å². The lowest BCUT2D eigenvalue weighted by atomic mass is 10.0. The van der Waals surface area contributed by atoms with E-state index >= 15 is 0 Å². The smallest absolute Gasteiger partial charge is 0.234 e. The van der Waals surface area contributed by atoms with Gasteiger partial charge in [0.15, 0.2) is 0 Å². The largest absolute Gasteiger partial charge is 0.493 e. The lowest BCUT2D eigenvalue weighted by molar-refractivity contribution is -0.121. The average molecular weight is 262 g/mol. The Bertz CT molecular complexity index is 452. The van der Waals surface area contributed by atoms with Gasteiger partial charge in [-0.3, -0.25) is 4.79 Å². The summed E-state index contributed by atoms with van der Waals surface area (Å²) in [5.74, 6) is 0.902. The number of amides is 1. The number of rotatable bonds is 3. The topological polar surface area (TPSA) is 50.4 Å². The molecule has 1 aromatic carbocycles. The molecular formula is C15H22N2O2. The van der Waals surface area contributed by atoms with E-state index in [1.165, 1.54) is 0 Å². The van der Waals surface area contributed by atoms with Crippen molar-refractivity contribution in [3.05, 3.63) is 29.8 Å². The first-order valence-electron chi connectivity index (χ1n) is 6.72. The van der Waals surface area contributed by atoms with E-state index in [1.54, 1.807) is 0 Å². The van der Waals surface area contributed by atoms with Gasteiger partial charge in [-0.05, 0) is 26.8 Å². The zero-order valence-electron chi connectivity index (χ0n) is 11.8. The van der Waals surface area contributed by atoms with E-state index < -0.39 is 0 Å². The standard InChI is InChI=1S/C15H22N2O2/c1-15(2,3)16-10-14(18)17-12-8-9-19-13-7-5-4-6-11(12)13/h4-7,12,16H,8-10H2,1-3H3,(H,17,18). The van der Waals surface area contributed by atoms with Gasteiger partial charge >= 0.3 is 0 Å². The molecule has 0 saturated carbocycles. The summed E-state index contributed by atoms with van der Waals surface area (Å²) < 4.78 is 5.58. The summed E-state index contributed by atoms with van der Waals surface area (Å²) in [5, 5.41) is 6.26. The van der Waals surface area contributed by atoms with Crippen LogP contribution >= 0.6 is 0 Å². The first-order chi connectivity index (χ1) is 8.96. The minimum atomic E-state index is -0.0507. The predicted octanol–water partition coefficient (Wildman–Crippen LogP) is 2.01. The van der Waals surface area contributed by atoms with Crippen molar-refractivity contribution in [1.82, 2.24) is 10.6 Å². The molecule has 1 heterocycles. The Balaban J connectivity index is 1.95. The summed E-state index contributed by atoms with van der Waals surface area (Å²) in [6, 6.07) is 7.93. The molecule has 0 fully saturated rings. The van der Waals surface area contributed by atoms with Crippen LogP contribution in [0.25, 0.3) is 0 Å². The molecule has 0 spiro atoms. The van der Waals surface area contributed by atoms with E-state index in [0.717, 1.165) is 17.7 Å². The maximum Gasteiger partial charge on any atom is 0.234 e. The molecule has 4 nitrogen and oxygen atoms in total. The molecule has 0 bridgehead atoms. The van der Waals surface area contributed by atoms with Gasteiger partial charge in [0.25, 0.3) is 0 Å². The zero-order chi connectivity index (χ0) is 13.9. The molecule has 0 aliphatic carbocycles. The van der Waals surface area contributed by atoms with E-state index in [0.29, 0.717) is 13.2 Å². The third kappa shape index (κ3) is 3.96. The lowest BCUT2D eigenvalue weighted by Gasteiger charge is -2.27. The first kappa shape index (κ1) is 13.9. The van der Waals surface area contributed by atoms with Gasteiger partial charge < -0.3 is 15.4 Å². The Morgan fingerprint density at radius 1 is 1.37 bits per heavy atom. The number of benzene rings is 1. The number of carbonyl (C=O) groups excluding carboxylic acids is 1. The second-order valence-electron chi connectivity index (χ2n) is 5.90. The highest BCUT2D eigenvalue weighted by molar-refractivity contribution is 5.78.